The molecule has 0 atom stereocenters. The van der Waals surface area contributed by atoms with Crippen molar-refractivity contribution in [1.82, 2.24) is 9.99 Å². The molecular formula is C24H21N3O2. The summed E-state index contributed by atoms with van der Waals surface area (Å²) in [5, 5.41) is 14.9. The number of para-hydroxylation sites is 2. The normalized spacial score (nSPS) is 11.2. The van der Waals surface area contributed by atoms with Crippen LogP contribution in [0.4, 0.5) is 0 Å². The van der Waals surface area contributed by atoms with Gasteiger partial charge in [0.1, 0.15) is 5.75 Å². The summed E-state index contributed by atoms with van der Waals surface area (Å²) in [7, 11) is 0. The summed E-state index contributed by atoms with van der Waals surface area (Å²) in [6.45, 7) is 2.84. The van der Waals surface area contributed by atoms with Crippen LogP contribution in [0.25, 0.3) is 10.9 Å². The molecule has 144 valence electrons. The Labute approximate surface area is 168 Å². The van der Waals surface area contributed by atoms with E-state index in [1.807, 2.05) is 24.4 Å². The second-order valence-electron chi connectivity index (χ2n) is 6.93. The predicted octanol–water partition coefficient (Wildman–Crippen LogP) is 4.47. The number of aromatic nitrogens is 1. The maximum absolute atomic E-state index is 12.2. The lowest BCUT2D eigenvalue weighted by Crippen LogP contribution is -2.17. The van der Waals surface area contributed by atoms with Crippen molar-refractivity contribution >= 4 is 23.0 Å². The van der Waals surface area contributed by atoms with E-state index in [1.165, 1.54) is 17.2 Å². The average Bonchev–Trinajstić information content (AvgIpc) is 3.06. The Kier molecular flexibility index (Phi) is 5.12. The van der Waals surface area contributed by atoms with Gasteiger partial charge in [0.25, 0.3) is 5.91 Å². The lowest BCUT2D eigenvalue weighted by molar-refractivity contribution is 0.0952. The van der Waals surface area contributed by atoms with E-state index in [0.29, 0.717) is 0 Å². The maximum atomic E-state index is 12.2. The third kappa shape index (κ3) is 4.04. The number of phenols is 1. The molecule has 0 radical (unpaired) electrons. The molecule has 5 nitrogen and oxygen atoms in total. The molecule has 0 bridgehead atoms. The molecule has 1 aromatic heterocycles. The molecule has 0 spiro atoms. The Hall–Kier alpha value is -3.86. The zero-order valence-corrected chi connectivity index (χ0v) is 16.0. The monoisotopic (exact) mass is 383 g/mol. The highest BCUT2D eigenvalue weighted by atomic mass is 16.3. The van der Waals surface area contributed by atoms with Crippen molar-refractivity contribution in [2.24, 2.45) is 5.10 Å². The number of aromatic hydroxyl groups is 1. The van der Waals surface area contributed by atoms with E-state index in [1.54, 1.807) is 24.4 Å². The number of hydrogen-bond donors (Lipinski definition) is 2. The van der Waals surface area contributed by atoms with E-state index in [2.05, 4.69) is 52.3 Å². The van der Waals surface area contributed by atoms with Gasteiger partial charge < -0.3 is 9.67 Å². The number of hydrazone groups is 1. The molecule has 29 heavy (non-hydrogen) atoms. The molecule has 2 N–H and O–H groups in total. The minimum atomic E-state index is -0.456. The summed E-state index contributed by atoms with van der Waals surface area (Å²) < 4.78 is 2.18. The molecule has 0 aliphatic heterocycles. The molecule has 5 heteroatoms. The van der Waals surface area contributed by atoms with Crippen LogP contribution in [0.3, 0.4) is 0 Å². The number of nitrogens with zero attached hydrogens (tertiary/aromatic N) is 2. The third-order valence-corrected chi connectivity index (χ3v) is 4.77. The number of hydrogen-bond acceptors (Lipinski definition) is 3. The van der Waals surface area contributed by atoms with Crippen molar-refractivity contribution in [3.8, 4) is 5.75 Å². The predicted molar refractivity (Wildman–Crippen MR) is 115 cm³/mol. The molecule has 4 aromatic rings. The highest BCUT2D eigenvalue weighted by Crippen LogP contribution is 2.21. The summed E-state index contributed by atoms with van der Waals surface area (Å²) in [6, 6.07) is 22.9. The van der Waals surface area contributed by atoms with Crippen molar-refractivity contribution in [1.29, 1.82) is 0 Å². The van der Waals surface area contributed by atoms with Gasteiger partial charge in [0.15, 0.2) is 0 Å². The van der Waals surface area contributed by atoms with E-state index >= 15 is 0 Å². The van der Waals surface area contributed by atoms with Gasteiger partial charge in [-0.25, -0.2) is 5.43 Å². The lowest BCUT2D eigenvalue weighted by Gasteiger charge is -2.06. The summed E-state index contributed by atoms with van der Waals surface area (Å²) in [4.78, 5) is 12.2. The first-order chi connectivity index (χ1) is 14.1. The number of phenolic OH excluding ortho intramolecular Hbond substituents is 1. The SMILES string of the molecule is Cc1cccc(Cn2cc(/C=N/NC(=O)c3ccccc3O)c3ccccc32)c1. The summed E-state index contributed by atoms with van der Waals surface area (Å²) in [5.41, 5.74) is 7.13. The average molecular weight is 383 g/mol. The van der Waals surface area contributed by atoms with E-state index < -0.39 is 5.91 Å². The Balaban J connectivity index is 1.58. The fraction of sp³-hybridized carbons (Fsp3) is 0.0833. The van der Waals surface area contributed by atoms with Gasteiger partial charge in [0, 0.05) is 29.2 Å². The van der Waals surface area contributed by atoms with E-state index in [4.69, 9.17) is 0 Å². The van der Waals surface area contributed by atoms with Gasteiger partial charge in [-0.05, 0) is 30.7 Å². The van der Waals surface area contributed by atoms with E-state index in [0.717, 1.165) is 23.0 Å². The van der Waals surface area contributed by atoms with Gasteiger partial charge in [0.2, 0.25) is 0 Å². The van der Waals surface area contributed by atoms with Gasteiger partial charge in [-0.15, -0.1) is 0 Å². The Morgan fingerprint density at radius 3 is 2.69 bits per heavy atom. The topological polar surface area (TPSA) is 66.6 Å². The molecular weight excluding hydrogens is 362 g/mol. The second-order valence-corrected chi connectivity index (χ2v) is 6.93. The van der Waals surface area contributed by atoms with Crippen LogP contribution in [0.15, 0.2) is 84.1 Å². The highest BCUT2D eigenvalue weighted by Gasteiger charge is 2.10. The number of aryl methyl sites for hydroxylation is 1. The Morgan fingerprint density at radius 2 is 1.86 bits per heavy atom. The summed E-state index contributed by atoms with van der Waals surface area (Å²) in [6.07, 6.45) is 3.66. The number of fused-ring (bicyclic) bond motifs is 1. The zero-order valence-electron chi connectivity index (χ0n) is 16.0. The molecule has 0 aliphatic rings. The van der Waals surface area contributed by atoms with Crippen LogP contribution in [0.2, 0.25) is 0 Å². The van der Waals surface area contributed by atoms with Crippen LogP contribution in [0.5, 0.6) is 5.75 Å². The zero-order chi connectivity index (χ0) is 20.2. The van der Waals surface area contributed by atoms with Gasteiger partial charge in [-0.3, -0.25) is 4.79 Å². The van der Waals surface area contributed by atoms with E-state index in [-0.39, 0.29) is 11.3 Å². The second kappa shape index (κ2) is 8.02. The van der Waals surface area contributed by atoms with Crippen molar-refractivity contribution < 1.29 is 9.90 Å². The highest BCUT2D eigenvalue weighted by molar-refractivity contribution is 6.01. The number of nitrogens with one attached hydrogen (secondary N) is 1. The Bertz CT molecular complexity index is 1210. The number of carbonyl (C=O) groups excluding carboxylic acids is 1. The largest absolute Gasteiger partial charge is 0.507 e. The molecule has 0 fully saturated rings. The molecule has 0 saturated heterocycles. The van der Waals surface area contributed by atoms with Crippen LogP contribution >= 0.6 is 0 Å². The number of rotatable bonds is 5. The van der Waals surface area contributed by atoms with Crippen LogP contribution in [-0.2, 0) is 6.54 Å². The molecule has 1 amide bonds. The van der Waals surface area contributed by atoms with Gasteiger partial charge in [-0.2, -0.15) is 5.10 Å². The molecule has 0 saturated carbocycles. The number of carbonyl (C=O) groups is 1. The molecule has 0 unspecified atom stereocenters. The van der Waals surface area contributed by atoms with Crippen molar-refractivity contribution in [2.45, 2.75) is 13.5 Å². The standard InChI is InChI=1S/C24H21N3O2/c1-17-7-6-8-18(13-17)15-27-16-19(20-9-2-4-11-22(20)27)14-25-26-24(29)21-10-3-5-12-23(21)28/h2-14,16,28H,15H2,1H3,(H,26,29)/b25-14+. The van der Waals surface area contributed by atoms with Crippen LogP contribution in [0, 0.1) is 6.92 Å². The van der Waals surface area contributed by atoms with Gasteiger partial charge in [0.05, 0.1) is 11.8 Å². The smallest absolute Gasteiger partial charge is 0.275 e. The quantitative estimate of drug-likeness (QED) is 0.394. The first kappa shape index (κ1) is 18.5. The number of benzene rings is 3. The molecule has 3 aromatic carbocycles. The fourth-order valence-corrected chi connectivity index (χ4v) is 3.40. The summed E-state index contributed by atoms with van der Waals surface area (Å²) >= 11 is 0. The van der Waals surface area contributed by atoms with Crippen molar-refractivity contribution in [3.05, 3.63) is 101 Å². The van der Waals surface area contributed by atoms with Gasteiger partial charge >= 0.3 is 0 Å². The number of amides is 1. The minimum Gasteiger partial charge on any atom is -0.507 e. The van der Waals surface area contributed by atoms with Crippen LogP contribution in [0.1, 0.15) is 27.0 Å². The van der Waals surface area contributed by atoms with Crippen LogP contribution in [-0.4, -0.2) is 21.8 Å². The fourth-order valence-electron chi connectivity index (χ4n) is 3.40. The first-order valence-electron chi connectivity index (χ1n) is 9.36. The first-order valence-corrected chi connectivity index (χ1v) is 9.36. The summed E-state index contributed by atoms with van der Waals surface area (Å²) in [5.74, 6) is -0.530. The van der Waals surface area contributed by atoms with Crippen LogP contribution < -0.4 is 5.43 Å². The molecule has 1 heterocycles. The molecule has 4 rings (SSSR count). The third-order valence-electron chi connectivity index (χ3n) is 4.77. The Morgan fingerprint density at radius 1 is 1.07 bits per heavy atom. The lowest BCUT2D eigenvalue weighted by atomic mass is 10.1. The van der Waals surface area contributed by atoms with Crippen molar-refractivity contribution in [3.63, 3.8) is 0 Å². The van der Waals surface area contributed by atoms with Crippen molar-refractivity contribution in [2.75, 3.05) is 0 Å². The molecule has 0 aliphatic carbocycles. The minimum absolute atomic E-state index is 0.0741. The van der Waals surface area contributed by atoms with Gasteiger partial charge in [-0.1, -0.05) is 60.2 Å². The maximum Gasteiger partial charge on any atom is 0.275 e. The van der Waals surface area contributed by atoms with E-state index in [9.17, 15) is 9.90 Å².